The van der Waals surface area contributed by atoms with Gasteiger partial charge in [0.15, 0.2) is 5.96 Å². The van der Waals surface area contributed by atoms with Crippen LogP contribution in [0.3, 0.4) is 0 Å². The van der Waals surface area contributed by atoms with Crippen LogP contribution in [0.25, 0.3) is 0 Å². The van der Waals surface area contributed by atoms with Crippen LogP contribution in [0.5, 0.6) is 0 Å². The van der Waals surface area contributed by atoms with Crippen LogP contribution in [0.4, 0.5) is 4.79 Å². The van der Waals surface area contributed by atoms with Crippen molar-refractivity contribution in [3.05, 3.63) is 0 Å². The number of guanidine groups is 1. The number of rotatable bonds is 4. The molecule has 7 nitrogen and oxygen atoms in total. The Kier molecular flexibility index (Phi) is 7.55. The van der Waals surface area contributed by atoms with E-state index in [0.29, 0.717) is 11.8 Å². The predicted molar refractivity (Wildman–Crippen MR) is 103 cm³/mol. The fourth-order valence-corrected chi connectivity index (χ4v) is 3.47. The van der Waals surface area contributed by atoms with E-state index in [0.717, 1.165) is 64.6 Å². The number of piperidine rings is 1. The van der Waals surface area contributed by atoms with Crippen molar-refractivity contribution < 1.29 is 14.3 Å². The molecule has 150 valence electrons. The molecule has 26 heavy (non-hydrogen) atoms. The van der Waals surface area contributed by atoms with Crippen molar-refractivity contribution in [2.75, 3.05) is 53.5 Å². The fraction of sp³-hybridized carbons (Fsp3) is 0.895. The summed E-state index contributed by atoms with van der Waals surface area (Å²) in [6.07, 6.45) is 2.91. The smallest absolute Gasteiger partial charge is 0.410 e. The molecule has 0 aliphatic carbocycles. The van der Waals surface area contributed by atoms with Gasteiger partial charge in [0, 0.05) is 52.8 Å². The molecular weight excluding hydrogens is 332 g/mol. The maximum Gasteiger partial charge on any atom is 0.410 e. The Morgan fingerprint density at radius 1 is 1.27 bits per heavy atom. The highest BCUT2D eigenvalue weighted by Gasteiger charge is 2.27. The first kappa shape index (κ1) is 20.8. The Bertz CT molecular complexity index is 476. The molecule has 1 unspecified atom stereocenters. The molecule has 2 aliphatic heterocycles. The largest absolute Gasteiger partial charge is 0.444 e. The number of amides is 1. The van der Waals surface area contributed by atoms with Crippen LogP contribution < -0.4 is 5.32 Å². The van der Waals surface area contributed by atoms with Crippen LogP contribution in [0.15, 0.2) is 4.99 Å². The minimum absolute atomic E-state index is 0.196. The zero-order chi connectivity index (χ0) is 19.2. The lowest BCUT2D eigenvalue weighted by atomic mass is 9.97. The van der Waals surface area contributed by atoms with E-state index in [1.54, 1.807) is 0 Å². The first-order valence-electron chi connectivity index (χ1n) is 9.76. The highest BCUT2D eigenvalue weighted by atomic mass is 16.6. The van der Waals surface area contributed by atoms with Gasteiger partial charge in [-0.2, -0.15) is 0 Å². The van der Waals surface area contributed by atoms with Crippen molar-refractivity contribution in [3.63, 3.8) is 0 Å². The van der Waals surface area contributed by atoms with Gasteiger partial charge in [0.1, 0.15) is 5.60 Å². The lowest BCUT2D eigenvalue weighted by Crippen LogP contribution is -2.46. The first-order chi connectivity index (χ1) is 12.3. The van der Waals surface area contributed by atoms with Crippen LogP contribution in [0.2, 0.25) is 0 Å². The standard InChI is InChI=1S/C19H36N4O3/c1-19(2,3)26-18(24)23-9-6-15(7-10-23)12-21-17(20-4)22(5)13-16-8-11-25-14-16/h15-16H,6-14H2,1-5H3,(H,20,21). The average Bonchev–Trinajstić information content (AvgIpc) is 3.07. The molecule has 2 rings (SSSR count). The highest BCUT2D eigenvalue weighted by Crippen LogP contribution is 2.19. The molecule has 7 heteroatoms. The van der Waals surface area contributed by atoms with Crippen LogP contribution in [0, 0.1) is 11.8 Å². The van der Waals surface area contributed by atoms with Crippen LogP contribution in [-0.4, -0.2) is 80.9 Å². The molecule has 1 atom stereocenters. The Morgan fingerprint density at radius 2 is 1.96 bits per heavy atom. The fourth-order valence-electron chi connectivity index (χ4n) is 3.47. The molecule has 0 saturated carbocycles. The zero-order valence-corrected chi connectivity index (χ0v) is 17.1. The number of carbonyl (C=O) groups excluding carboxylic acids is 1. The maximum absolute atomic E-state index is 12.1. The molecule has 1 N–H and O–H groups in total. The van der Waals surface area contributed by atoms with E-state index in [4.69, 9.17) is 9.47 Å². The Morgan fingerprint density at radius 3 is 2.50 bits per heavy atom. The van der Waals surface area contributed by atoms with Crippen molar-refractivity contribution in [1.29, 1.82) is 0 Å². The Labute approximate surface area is 158 Å². The molecule has 0 aromatic rings. The molecule has 2 heterocycles. The number of nitrogens with one attached hydrogen (secondary N) is 1. The molecule has 2 saturated heterocycles. The van der Waals surface area contributed by atoms with Crippen LogP contribution in [0.1, 0.15) is 40.0 Å². The number of carbonyl (C=O) groups is 1. The number of aliphatic imine (C=N–C) groups is 1. The molecule has 0 aromatic carbocycles. The Balaban J connectivity index is 1.70. The van der Waals surface area contributed by atoms with Crippen molar-refractivity contribution in [2.24, 2.45) is 16.8 Å². The Hall–Kier alpha value is -1.50. The van der Waals surface area contributed by atoms with E-state index in [9.17, 15) is 4.79 Å². The quantitative estimate of drug-likeness (QED) is 0.609. The summed E-state index contributed by atoms with van der Waals surface area (Å²) in [5.74, 6) is 2.08. The van der Waals surface area contributed by atoms with Crippen LogP contribution in [-0.2, 0) is 9.47 Å². The van der Waals surface area contributed by atoms with Gasteiger partial charge in [-0.05, 0) is 46.0 Å². The highest BCUT2D eigenvalue weighted by molar-refractivity contribution is 5.79. The number of ether oxygens (including phenoxy) is 2. The lowest BCUT2D eigenvalue weighted by molar-refractivity contribution is 0.0185. The average molecular weight is 369 g/mol. The van der Waals surface area contributed by atoms with E-state index >= 15 is 0 Å². The van der Waals surface area contributed by atoms with Gasteiger partial charge < -0.3 is 24.6 Å². The van der Waals surface area contributed by atoms with Gasteiger partial charge in [0.05, 0.1) is 6.61 Å². The summed E-state index contributed by atoms with van der Waals surface area (Å²) < 4.78 is 10.9. The first-order valence-corrected chi connectivity index (χ1v) is 9.76. The molecule has 1 amide bonds. The zero-order valence-electron chi connectivity index (χ0n) is 17.1. The summed E-state index contributed by atoms with van der Waals surface area (Å²) in [5.41, 5.74) is -0.434. The van der Waals surface area contributed by atoms with E-state index in [1.807, 2.05) is 32.7 Å². The monoisotopic (exact) mass is 368 g/mol. The number of hydrogen-bond acceptors (Lipinski definition) is 4. The summed E-state index contributed by atoms with van der Waals surface area (Å²) >= 11 is 0. The minimum atomic E-state index is -0.434. The third-order valence-corrected chi connectivity index (χ3v) is 4.94. The molecule has 2 aliphatic rings. The summed E-state index contributed by atoms with van der Waals surface area (Å²) in [6.45, 7) is 10.8. The molecule has 0 aromatic heterocycles. The maximum atomic E-state index is 12.1. The second kappa shape index (κ2) is 9.44. The lowest BCUT2D eigenvalue weighted by Gasteiger charge is -2.34. The van der Waals surface area contributed by atoms with E-state index < -0.39 is 5.60 Å². The molecular formula is C19H36N4O3. The van der Waals surface area contributed by atoms with Gasteiger partial charge in [0.25, 0.3) is 0 Å². The van der Waals surface area contributed by atoms with Gasteiger partial charge in [-0.15, -0.1) is 0 Å². The summed E-state index contributed by atoms with van der Waals surface area (Å²) in [5, 5.41) is 3.50. The molecule has 2 fully saturated rings. The van der Waals surface area contributed by atoms with Gasteiger partial charge in [-0.3, -0.25) is 4.99 Å². The number of likely N-dealkylation sites (tertiary alicyclic amines) is 1. The molecule has 0 bridgehead atoms. The number of nitrogens with zero attached hydrogens (tertiary/aromatic N) is 3. The normalized spacial score (nSPS) is 22.4. The topological polar surface area (TPSA) is 66.4 Å². The van der Waals surface area contributed by atoms with Gasteiger partial charge in [-0.25, -0.2) is 4.79 Å². The third-order valence-electron chi connectivity index (χ3n) is 4.94. The van der Waals surface area contributed by atoms with E-state index in [2.05, 4.69) is 22.3 Å². The summed E-state index contributed by atoms with van der Waals surface area (Å²) in [4.78, 5) is 20.6. The molecule has 0 spiro atoms. The van der Waals surface area contributed by atoms with E-state index in [-0.39, 0.29) is 6.09 Å². The predicted octanol–water partition coefficient (Wildman–Crippen LogP) is 2.18. The van der Waals surface area contributed by atoms with Crippen LogP contribution >= 0.6 is 0 Å². The van der Waals surface area contributed by atoms with Crippen molar-refractivity contribution >= 4 is 12.1 Å². The summed E-state index contributed by atoms with van der Waals surface area (Å²) in [7, 11) is 3.91. The minimum Gasteiger partial charge on any atom is -0.444 e. The van der Waals surface area contributed by atoms with Gasteiger partial charge >= 0.3 is 6.09 Å². The SMILES string of the molecule is CN=C(NCC1CCN(C(=O)OC(C)(C)C)CC1)N(C)CC1CCOC1. The third kappa shape index (κ3) is 6.67. The number of hydrogen-bond donors (Lipinski definition) is 1. The molecule has 0 radical (unpaired) electrons. The van der Waals surface area contributed by atoms with Crippen molar-refractivity contribution in [3.8, 4) is 0 Å². The van der Waals surface area contributed by atoms with E-state index in [1.165, 1.54) is 0 Å². The van der Waals surface area contributed by atoms with Gasteiger partial charge in [0.2, 0.25) is 0 Å². The van der Waals surface area contributed by atoms with Gasteiger partial charge in [-0.1, -0.05) is 0 Å². The van der Waals surface area contributed by atoms with Crippen molar-refractivity contribution in [2.45, 2.75) is 45.6 Å². The summed E-state index contributed by atoms with van der Waals surface area (Å²) in [6, 6.07) is 0. The second-order valence-electron chi connectivity index (χ2n) is 8.45. The second-order valence-corrected chi connectivity index (χ2v) is 8.45. The van der Waals surface area contributed by atoms with Crippen molar-refractivity contribution in [1.82, 2.24) is 15.1 Å².